The molecule has 8 nitrogen and oxygen atoms in total. The van der Waals surface area contributed by atoms with Crippen LogP contribution in [0.25, 0.3) is 0 Å². The second-order valence-electron chi connectivity index (χ2n) is 9.10. The van der Waals surface area contributed by atoms with Crippen molar-refractivity contribution in [1.82, 2.24) is 10.6 Å². The minimum Gasteiger partial charge on any atom is -0.491 e. The predicted octanol–water partition coefficient (Wildman–Crippen LogP) is 3.07. The van der Waals surface area contributed by atoms with E-state index in [0.717, 1.165) is 42.5 Å². The molecule has 1 spiro atoms. The van der Waals surface area contributed by atoms with Crippen LogP contribution in [0.1, 0.15) is 43.2 Å². The Balaban J connectivity index is 1.22. The summed E-state index contributed by atoms with van der Waals surface area (Å²) in [6.45, 7) is 1.14. The van der Waals surface area contributed by atoms with Crippen LogP contribution in [0.4, 0.5) is 10.5 Å². The molecule has 3 heterocycles. The zero-order valence-corrected chi connectivity index (χ0v) is 18.4. The molecule has 1 saturated carbocycles. The number of fused-ring (bicyclic) bond motifs is 5. The molecule has 33 heavy (non-hydrogen) atoms. The number of hydrogen-bond donors (Lipinski definition) is 2. The lowest BCUT2D eigenvalue weighted by Gasteiger charge is -2.24. The van der Waals surface area contributed by atoms with Gasteiger partial charge in [-0.25, -0.2) is 4.79 Å². The highest BCUT2D eigenvalue weighted by molar-refractivity contribution is 6.11. The van der Waals surface area contributed by atoms with Gasteiger partial charge in [-0.2, -0.15) is 0 Å². The van der Waals surface area contributed by atoms with Crippen molar-refractivity contribution in [2.45, 2.75) is 43.6 Å². The van der Waals surface area contributed by atoms with Crippen molar-refractivity contribution >= 4 is 17.6 Å². The van der Waals surface area contributed by atoms with Crippen molar-refractivity contribution in [3.05, 3.63) is 47.5 Å². The third-order valence-electron chi connectivity index (χ3n) is 7.20. The summed E-state index contributed by atoms with van der Waals surface area (Å²) in [6.07, 6.45) is 5.64. The van der Waals surface area contributed by atoms with Crippen LogP contribution in [-0.4, -0.2) is 44.5 Å². The lowest BCUT2D eigenvalue weighted by atomic mass is 9.77. The average Bonchev–Trinajstić information content (AvgIpc) is 3.51. The first-order valence-electron chi connectivity index (χ1n) is 11.7. The fraction of sp³-hybridized carbons (Fsp3) is 0.440. The quantitative estimate of drug-likeness (QED) is 0.749. The topological polar surface area (TPSA) is 89.1 Å². The summed E-state index contributed by atoms with van der Waals surface area (Å²) in [7, 11) is 0. The van der Waals surface area contributed by atoms with E-state index in [0.29, 0.717) is 30.3 Å². The van der Waals surface area contributed by atoms with Crippen molar-refractivity contribution in [3.8, 4) is 17.2 Å². The molecule has 0 radical (unpaired) electrons. The van der Waals surface area contributed by atoms with E-state index >= 15 is 0 Å². The highest BCUT2D eigenvalue weighted by Gasteiger charge is 2.57. The van der Waals surface area contributed by atoms with Crippen LogP contribution >= 0.6 is 0 Å². The molecule has 0 aromatic heterocycles. The molecule has 3 amide bonds. The van der Waals surface area contributed by atoms with Gasteiger partial charge in [-0.3, -0.25) is 4.79 Å². The summed E-state index contributed by atoms with van der Waals surface area (Å²) in [5, 5.41) is 5.99. The minimum atomic E-state index is -0.919. The number of para-hydroxylation sites is 1. The molecule has 1 atom stereocenters. The average molecular weight is 450 g/mol. The van der Waals surface area contributed by atoms with E-state index in [-0.39, 0.29) is 31.4 Å². The smallest absolute Gasteiger partial charge is 0.315 e. The number of nitrogens with one attached hydrogen (secondary N) is 2. The van der Waals surface area contributed by atoms with E-state index in [2.05, 4.69) is 10.6 Å². The molecule has 2 N–H and O–H groups in total. The Kier molecular flexibility index (Phi) is 4.81. The van der Waals surface area contributed by atoms with Crippen molar-refractivity contribution < 1.29 is 23.8 Å². The second-order valence-corrected chi connectivity index (χ2v) is 9.10. The number of carbonyl (C=O) groups is 2. The number of ether oxygens (including phenoxy) is 3. The molecule has 0 saturated heterocycles. The Hall–Kier alpha value is -3.42. The SMILES string of the molecule is O=C(NCCN1C(=O)C2(COc3cc4c(cc32)OCO4)c2ccccc21)NC1CCCCC1. The van der Waals surface area contributed by atoms with Gasteiger partial charge in [-0.15, -0.1) is 0 Å². The summed E-state index contributed by atoms with van der Waals surface area (Å²) >= 11 is 0. The first-order chi connectivity index (χ1) is 16.2. The second kappa shape index (κ2) is 7.86. The fourth-order valence-electron chi connectivity index (χ4n) is 5.55. The maximum absolute atomic E-state index is 13.9. The normalized spacial score (nSPS) is 22.8. The molecule has 172 valence electrons. The molecule has 0 bridgehead atoms. The van der Waals surface area contributed by atoms with E-state index in [9.17, 15) is 9.59 Å². The predicted molar refractivity (Wildman–Crippen MR) is 121 cm³/mol. The molecule has 1 fully saturated rings. The van der Waals surface area contributed by atoms with Gasteiger partial charge >= 0.3 is 6.03 Å². The number of carbonyl (C=O) groups excluding carboxylic acids is 2. The van der Waals surface area contributed by atoms with Gasteiger partial charge in [0.2, 0.25) is 12.7 Å². The number of benzene rings is 2. The van der Waals surface area contributed by atoms with Crippen molar-refractivity contribution in [1.29, 1.82) is 0 Å². The fourth-order valence-corrected chi connectivity index (χ4v) is 5.55. The molecule has 3 aliphatic heterocycles. The van der Waals surface area contributed by atoms with Crippen LogP contribution in [-0.2, 0) is 10.2 Å². The standard InChI is InChI=1S/C25H27N3O5/c29-23-25(14-31-20-13-22-21(12-18(20)25)32-15-33-22)17-8-4-5-9-19(17)28(23)11-10-26-24(30)27-16-6-2-1-3-7-16/h4-5,8-9,12-13,16H,1-3,6-7,10-11,14-15H2,(H2,26,27,30). The molecule has 1 unspecified atom stereocenters. The molecule has 6 rings (SSSR count). The molecule has 1 aliphatic carbocycles. The lowest BCUT2D eigenvalue weighted by Crippen LogP contribution is -2.47. The highest BCUT2D eigenvalue weighted by atomic mass is 16.7. The summed E-state index contributed by atoms with van der Waals surface area (Å²) in [4.78, 5) is 28.0. The number of nitrogens with zero attached hydrogens (tertiary/aromatic N) is 1. The molecular weight excluding hydrogens is 422 g/mol. The van der Waals surface area contributed by atoms with E-state index < -0.39 is 5.41 Å². The summed E-state index contributed by atoms with van der Waals surface area (Å²) < 4.78 is 17.1. The first-order valence-corrected chi connectivity index (χ1v) is 11.7. The summed E-state index contributed by atoms with van der Waals surface area (Å²) in [5.74, 6) is 1.86. The largest absolute Gasteiger partial charge is 0.491 e. The Bertz CT molecular complexity index is 1110. The Morgan fingerprint density at radius 2 is 1.79 bits per heavy atom. The van der Waals surface area contributed by atoms with Crippen molar-refractivity contribution in [2.24, 2.45) is 0 Å². The number of urea groups is 1. The van der Waals surface area contributed by atoms with Crippen LogP contribution in [0, 0.1) is 0 Å². The van der Waals surface area contributed by atoms with Crippen LogP contribution in [0.15, 0.2) is 36.4 Å². The van der Waals surface area contributed by atoms with Gasteiger partial charge in [0.05, 0.1) is 0 Å². The molecule has 4 aliphatic rings. The van der Waals surface area contributed by atoms with Crippen LogP contribution in [0.5, 0.6) is 17.2 Å². The number of amides is 3. The Morgan fingerprint density at radius 3 is 2.64 bits per heavy atom. The lowest BCUT2D eigenvalue weighted by molar-refractivity contribution is -0.122. The molecule has 2 aromatic carbocycles. The third kappa shape index (κ3) is 3.19. The molecule has 2 aromatic rings. The number of anilines is 1. The van der Waals surface area contributed by atoms with Gasteiger partial charge < -0.3 is 29.7 Å². The number of rotatable bonds is 4. The maximum Gasteiger partial charge on any atom is 0.315 e. The van der Waals surface area contributed by atoms with Gasteiger partial charge in [0.15, 0.2) is 11.5 Å². The van der Waals surface area contributed by atoms with Gasteiger partial charge in [0.25, 0.3) is 0 Å². The van der Waals surface area contributed by atoms with E-state index in [1.165, 1.54) is 6.42 Å². The summed E-state index contributed by atoms with van der Waals surface area (Å²) in [5.41, 5.74) is 1.65. The van der Waals surface area contributed by atoms with E-state index in [1.54, 1.807) is 4.90 Å². The van der Waals surface area contributed by atoms with E-state index in [4.69, 9.17) is 14.2 Å². The van der Waals surface area contributed by atoms with Gasteiger partial charge in [0.1, 0.15) is 17.8 Å². The minimum absolute atomic E-state index is 0.0456. The van der Waals surface area contributed by atoms with Crippen molar-refractivity contribution in [3.63, 3.8) is 0 Å². The monoisotopic (exact) mass is 449 g/mol. The maximum atomic E-state index is 13.9. The first kappa shape index (κ1) is 20.2. The summed E-state index contributed by atoms with van der Waals surface area (Å²) in [6, 6.07) is 11.6. The Morgan fingerprint density at radius 1 is 1.00 bits per heavy atom. The van der Waals surface area contributed by atoms with Gasteiger partial charge in [0, 0.05) is 36.4 Å². The zero-order chi connectivity index (χ0) is 22.4. The Labute approximate surface area is 192 Å². The van der Waals surface area contributed by atoms with E-state index in [1.807, 2.05) is 36.4 Å². The number of hydrogen-bond acceptors (Lipinski definition) is 5. The van der Waals surface area contributed by atoms with Crippen LogP contribution in [0.3, 0.4) is 0 Å². The third-order valence-corrected chi connectivity index (χ3v) is 7.20. The highest BCUT2D eigenvalue weighted by Crippen LogP contribution is 2.54. The zero-order valence-electron chi connectivity index (χ0n) is 18.4. The van der Waals surface area contributed by atoms with Crippen LogP contribution in [0.2, 0.25) is 0 Å². The van der Waals surface area contributed by atoms with Gasteiger partial charge in [-0.1, -0.05) is 37.5 Å². The molecule has 8 heteroatoms. The molecular formula is C25H27N3O5. The van der Waals surface area contributed by atoms with Crippen LogP contribution < -0.4 is 29.7 Å². The van der Waals surface area contributed by atoms with Crippen molar-refractivity contribution in [2.75, 3.05) is 31.4 Å². The van der Waals surface area contributed by atoms with Gasteiger partial charge in [-0.05, 0) is 30.5 Å².